The Hall–Kier alpha value is -2.63. The van der Waals surface area contributed by atoms with E-state index in [0.29, 0.717) is 19.6 Å². The molecule has 1 aromatic heterocycles. The number of carbonyl (C=O) groups is 1. The summed E-state index contributed by atoms with van der Waals surface area (Å²) in [5, 5.41) is 10.9. The number of hydrogen-bond acceptors (Lipinski definition) is 7. The maximum atomic E-state index is 13.1. The second kappa shape index (κ2) is 7.78. The number of fused-ring (bicyclic) bond motifs is 1. The Labute approximate surface area is 168 Å². The van der Waals surface area contributed by atoms with Crippen molar-refractivity contribution >= 4 is 22.2 Å². The van der Waals surface area contributed by atoms with Gasteiger partial charge in [-0.15, -0.1) is 0 Å². The molecular formula is C20H23N5O2S. The van der Waals surface area contributed by atoms with Crippen LogP contribution in [0.3, 0.4) is 0 Å². The van der Waals surface area contributed by atoms with Crippen LogP contribution in [0, 0.1) is 11.5 Å². The molecule has 1 atom stereocenters. The molecule has 2 aromatic rings. The fourth-order valence-electron chi connectivity index (χ4n) is 3.67. The number of thiazole rings is 1. The minimum absolute atomic E-state index is 0.0492. The molecule has 4 rings (SSSR count). The van der Waals surface area contributed by atoms with Gasteiger partial charge in [0.15, 0.2) is 6.19 Å². The highest BCUT2D eigenvalue weighted by Crippen LogP contribution is 2.37. The molecule has 7 nitrogen and oxygen atoms in total. The molecular weight excluding hydrogens is 374 g/mol. The molecule has 1 amide bonds. The molecule has 0 N–H and O–H groups in total. The van der Waals surface area contributed by atoms with Gasteiger partial charge in [0.2, 0.25) is 5.91 Å². The minimum atomic E-state index is -0.260. The van der Waals surface area contributed by atoms with E-state index in [1.807, 2.05) is 43.0 Å². The van der Waals surface area contributed by atoms with E-state index in [4.69, 9.17) is 4.74 Å². The number of aromatic nitrogens is 1. The molecule has 1 aromatic carbocycles. The second-order valence-corrected chi connectivity index (χ2v) is 8.26. The third-order valence-corrected chi connectivity index (χ3v) is 6.09. The van der Waals surface area contributed by atoms with Gasteiger partial charge >= 0.3 is 0 Å². The second-order valence-electron chi connectivity index (χ2n) is 7.25. The number of piperazine rings is 2. The van der Waals surface area contributed by atoms with Crippen LogP contribution in [0.2, 0.25) is 0 Å². The van der Waals surface area contributed by atoms with Gasteiger partial charge in [-0.25, -0.2) is 4.98 Å². The fraction of sp³-hybridized carbons (Fsp3) is 0.450. The Balaban J connectivity index is 1.57. The van der Waals surface area contributed by atoms with Crippen LogP contribution in [0.1, 0.15) is 13.8 Å². The first kappa shape index (κ1) is 18.7. The lowest BCUT2D eigenvalue weighted by Crippen LogP contribution is -2.64. The highest BCUT2D eigenvalue weighted by Gasteiger charge is 2.39. The smallest absolute Gasteiger partial charge is 0.246 e. The number of nitriles is 1. The maximum absolute atomic E-state index is 13.1. The summed E-state index contributed by atoms with van der Waals surface area (Å²) >= 11 is 1.50. The maximum Gasteiger partial charge on any atom is 0.246 e. The van der Waals surface area contributed by atoms with E-state index in [9.17, 15) is 10.1 Å². The summed E-state index contributed by atoms with van der Waals surface area (Å²) in [5.41, 5.74) is 0.937. The molecule has 0 radical (unpaired) electrons. The highest BCUT2D eigenvalue weighted by molar-refractivity contribution is 7.19. The largest absolute Gasteiger partial charge is 0.490 e. The minimum Gasteiger partial charge on any atom is -0.490 e. The normalized spacial score (nSPS) is 20.2. The number of ether oxygens (including phenoxy) is 1. The Kier molecular flexibility index (Phi) is 5.20. The number of anilines is 1. The van der Waals surface area contributed by atoms with Crippen LogP contribution >= 0.6 is 11.3 Å². The van der Waals surface area contributed by atoms with Gasteiger partial charge in [0.05, 0.1) is 24.4 Å². The summed E-state index contributed by atoms with van der Waals surface area (Å²) < 4.78 is 5.91. The molecule has 0 spiro atoms. The SMILES string of the molecule is CC(C)Oc1ccccc1-c1ncc(N2CCN3CCN(C#N)CC3C2=O)s1. The van der Waals surface area contributed by atoms with Crippen molar-refractivity contribution in [2.45, 2.75) is 26.0 Å². The average Bonchev–Trinajstić information content (AvgIpc) is 3.18. The van der Waals surface area contributed by atoms with Gasteiger partial charge in [0.1, 0.15) is 21.8 Å². The van der Waals surface area contributed by atoms with Crippen LogP contribution in [-0.2, 0) is 4.79 Å². The Morgan fingerprint density at radius 1 is 1.25 bits per heavy atom. The predicted octanol–water partition coefficient (Wildman–Crippen LogP) is 2.41. The van der Waals surface area contributed by atoms with E-state index >= 15 is 0 Å². The number of para-hydroxylation sites is 1. The lowest BCUT2D eigenvalue weighted by Gasteiger charge is -2.44. The van der Waals surface area contributed by atoms with Gasteiger partial charge in [0.25, 0.3) is 0 Å². The molecule has 2 saturated heterocycles. The zero-order valence-electron chi connectivity index (χ0n) is 16.0. The summed E-state index contributed by atoms with van der Waals surface area (Å²) in [5.74, 6) is 0.847. The van der Waals surface area contributed by atoms with Crippen molar-refractivity contribution in [3.05, 3.63) is 30.5 Å². The van der Waals surface area contributed by atoms with Crippen LogP contribution < -0.4 is 9.64 Å². The summed E-state index contributed by atoms with van der Waals surface area (Å²) in [4.78, 5) is 23.3. The van der Waals surface area contributed by atoms with E-state index in [-0.39, 0.29) is 18.1 Å². The van der Waals surface area contributed by atoms with Gasteiger partial charge in [0, 0.05) is 26.2 Å². The first-order chi connectivity index (χ1) is 13.6. The first-order valence-corrected chi connectivity index (χ1v) is 10.3. The molecule has 2 aliphatic rings. The molecule has 8 heteroatoms. The van der Waals surface area contributed by atoms with Gasteiger partial charge < -0.3 is 9.64 Å². The van der Waals surface area contributed by atoms with Crippen molar-refractivity contribution in [3.63, 3.8) is 0 Å². The van der Waals surface area contributed by atoms with E-state index in [1.54, 1.807) is 11.1 Å². The van der Waals surface area contributed by atoms with E-state index in [2.05, 4.69) is 16.1 Å². The standard InChI is InChI=1S/C20H23N5O2S/c1-14(2)27-17-6-4-3-5-15(17)19-22-11-18(28-19)25-10-9-24-8-7-23(13-21)12-16(24)20(25)26/h3-6,11,14,16H,7-10,12H2,1-2H3. The molecule has 1 unspecified atom stereocenters. The van der Waals surface area contributed by atoms with Crippen LogP contribution in [-0.4, -0.2) is 65.6 Å². The molecule has 3 heterocycles. The molecule has 0 aliphatic carbocycles. The highest BCUT2D eigenvalue weighted by atomic mass is 32.1. The molecule has 2 fully saturated rings. The summed E-state index contributed by atoms with van der Waals surface area (Å²) in [6.07, 6.45) is 4.01. The van der Waals surface area contributed by atoms with Gasteiger partial charge in [-0.1, -0.05) is 23.5 Å². The van der Waals surface area contributed by atoms with Crippen molar-refractivity contribution in [3.8, 4) is 22.5 Å². The number of nitrogens with zero attached hydrogens (tertiary/aromatic N) is 5. The van der Waals surface area contributed by atoms with Gasteiger partial charge in [-0.3, -0.25) is 14.6 Å². The molecule has 0 saturated carbocycles. The fourth-order valence-corrected chi connectivity index (χ4v) is 4.64. The van der Waals surface area contributed by atoms with Crippen molar-refractivity contribution < 1.29 is 9.53 Å². The predicted molar refractivity (Wildman–Crippen MR) is 108 cm³/mol. The zero-order valence-corrected chi connectivity index (χ0v) is 16.9. The zero-order chi connectivity index (χ0) is 19.7. The lowest BCUT2D eigenvalue weighted by molar-refractivity contribution is -0.127. The summed E-state index contributed by atoms with van der Waals surface area (Å²) in [6, 6.07) is 7.59. The van der Waals surface area contributed by atoms with Crippen molar-refractivity contribution in [1.82, 2.24) is 14.8 Å². The van der Waals surface area contributed by atoms with Crippen LogP contribution in [0.4, 0.5) is 5.00 Å². The first-order valence-electron chi connectivity index (χ1n) is 9.49. The Morgan fingerprint density at radius 3 is 2.82 bits per heavy atom. The van der Waals surface area contributed by atoms with E-state index in [1.165, 1.54) is 11.3 Å². The molecule has 28 heavy (non-hydrogen) atoms. The van der Waals surface area contributed by atoms with Crippen molar-refractivity contribution in [1.29, 1.82) is 5.26 Å². The molecule has 146 valence electrons. The lowest BCUT2D eigenvalue weighted by atomic mass is 10.1. The topological polar surface area (TPSA) is 72.7 Å². The third kappa shape index (κ3) is 3.55. The number of rotatable bonds is 4. The summed E-state index contributed by atoms with van der Waals surface area (Å²) in [6.45, 7) is 7.36. The quantitative estimate of drug-likeness (QED) is 0.738. The molecule has 2 aliphatic heterocycles. The number of amides is 1. The Bertz CT molecular complexity index is 906. The van der Waals surface area contributed by atoms with Crippen molar-refractivity contribution in [2.75, 3.05) is 37.6 Å². The molecule has 0 bridgehead atoms. The van der Waals surface area contributed by atoms with Gasteiger partial charge in [-0.05, 0) is 26.0 Å². The average molecular weight is 398 g/mol. The third-order valence-electron chi connectivity index (χ3n) is 5.03. The van der Waals surface area contributed by atoms with Crippen LogP contribution in [0.5, 0.6) is 5.75 Å². The number of benzene rings is 1. The Morgan fingerprint density at radius 2 is 2.04 bits per heavy atom. The van der Waals surface area contributed by atoms with Crippen molar-refractivity contribution in [2.24, 2.45) is 0 Å². The van der Waals surface area contributed by atoms with Crippen LogP contribution in [0.25, 0.3) is 10.6 Å². The number of hydrogen-bond donors (Lipinski definition) is 0. The van der Waals surface area contributed by atoms with E-state index < -0.39 is 0 Å². The summed E-state index contributed by atoms with van der Waals surface area (Å²) in [7, 11) is 0. The number of carbonyl (C=O) groups excluding carboxylic acids is 1. The van der Waals surface area contributed by atoms with Crippen LogP contribution in [0.15, 0.2) is 30.5 Å². The van der Waals surface area contributed by atoms with Gasteiger partial charge in [-0.2, -0.15) is 5.26 Å². The monoisotopic (exact) mass is 397 g/mol. The van der Waals surface area contributed by atoms with E-state index in [0.717, 1.165) is 34.4 Å².